The largest absolute Gasteiger partial charge is 0.394 e. The smallest absolute Gasteiger partial charge is 0.255 e. The van der Waals surface area contributed by atoms with Crippen molar-refractivity contribution in [2.45, 2.75) is 12.5 Å². The number of aromatic nitrogens is 4. The van der Waals surface area contributed by atoms with Crippen LogP contribution in [0.5, 0.6) is 0 Å². The molecule has 2 aromatic heterocycles. The van der Waals surface area contributed by atoms with E-state index in [9.17, 15) is 20.1 Å². The van der Waals surface area contributed by atoms with E-state index in [2.05, 4.69) is 20.4 Å². The number of aliphatic hydroxyl groups excluding tert-OH is 3. The fourth-order valence-electron chi connectivity index (χ4n) is 1.69. The van der Waals surface area contributed by atoms with Gasteiger partial charge in [0.15, 0.2) is 0 Å². The number of aliphatic hydroxyl groups is 3. The molecule has 0 fully saturated rings. The van der Waals surface area contributed by atoms with Crippen LogP contribution in [0.25, 0.3) is 5.78 Å². The highest BCUT2D eigenvalue weighted by molar-refractivity contribution is 5.95. The Morgan fingerprint density at radius 1 is 1.30 bits per heavy atom. The number of hydrogen-bond donors (Lipinski definition) is 4. The predicted molar refractivity (Wildman–Crippen MR) is 67.0 cm³/mol. The molecule has 2 heterocycles. The van der Waals surface area contributed by atoms with Crippen LogP contribution in [0.1, 0.15) is 16.1 Å². The van der Waals surface area contributed by atoms with Crippen LogP contribution in [-0.4, -0.2) is 66.2 Å². The van der Waals surface area contributed by atoms with Crippen LogP contribution >= 0.6 is 0 Å². The van der Waals surface area contributed by atoms with E-state index in [4.69, 9.17) is 0 Å². The molecule has 0 aliphatic heterocycles. The van der Waals surface area contributed by atoms with Gasteiger partial charge < -0.3 is 20.6 Å². The lowest BCUT2D eigenvalue weighted by Gasteiger charge is -2.28. The molecule has 2 rings (SSSR count). The first kappa shape index (κ1) is 14.3. The monoisotopic (exact) mass is 281 g/mol. The standard InChI is InChI=1S/C11H15N5O4/c1-7-8(2-12-10-13-6-14-16(7)10)9(20)15-11(3-17,4-18)5-19/h2,6,17-19H,3-5H2,1H3,(H,15,20). The maximum absolute atomic E-state index is 12.2. The molecule has 9 heteroatoms. The van der Waals surface area contributed by atoms with Crippen molar-refractivity contribution in [3.8, 4) is 0 Å². The normalized spacial score (nSPS) is 11.8. The Bertz CT molecular complexity index is 614. The number of hydrogen-bond acceptors (Lipinski definition) is 7. The Balaban J connectivity index is 2.34. The van der Waals surface area contributed by atoms with Crippen molar-refractivity contribution < 1.29 is 20.1 Å². The van der Waals surface area contributed by atoms with Crippen LogP contribution in [-0.2, 0) is 0 Å². The number of nitrogens with zero attached hydrogens (tertiary/aromatic N) is 4. The van der Waals surface area contributed by atoms with E-state index in [0.29, 0.717) is 11.5 Å². The van der Waals surface area contributed by atoms with Crippen molar-refractivity contribution >= 4 is 11.7 Å². The summed E-state index contributed by atoms with van der Waals surface area (Å²) in [6.45, 7) is -0.117. The van der Waals surface area contributed by atoms with Crippen molar-refractivity contribution in [3.63, 3.8) is 0 Å². The third kappa shape index (κ3) is 2.33. The average Bonchev–Trinajstić information content (AvgIpc) is 2.94. The highest BCUT2D eigenvalue weighted by Gasteiger charge is 2.31. The van der Waals surface area contributed by atoms with Gasteiger partial charge in [-0.1, -0.05) is 0 Å². The third-order valence-electron chi connectivity index (χ3n) is 3.08. The number of carbonyl (C=O) groups is 1. The number of amides is 1. The van der Waals surface area contributed by atoms with Gasteiger partial charge in [0.2, 0.25) is 0 Å². The van der Waals surface area contributed by atoms with Gasteiger partial charge in [-0.2, -0.15) is 10.1 Å². The summed E-state index contributed by atoms with van der Waals surface area (Å²) in [7, 11) is 0. The van der Waals surface area contributed by atoms with Gasteiger partial charge in [-0.25, -0.2) is 9.50 Å². The molecule has 0 saturated heterocycles. The molecule has 4 N–H and O–H groups in total. The van der Waals surface area contributed by atoms with Crippen LogP contribution in [0.2, 0.25) is 0 Å². The van der Waals surface area contributed by atoms with Crippen molar-refractivity contribution in [3.05, 3.63) is 23.8 Å². The van der Waals surface area contributed by atoms with Crippen LogP contribution in [0.3, 0.4) is 0 Å². The van der Waals surface area contributed by atoms with E-state index in [1.807, 2.05) is 0 Å². The Hall–Kier alpha value is -2.10. The van der Waals surface area contributed by atoms with E-state index < -0.39 is 31.3 Å². The summed E-state index contributed by atoms with van der Waals surface area (Å²) in [5.41, 5.74) is -0.767. The van der Waals surface area contributed by atoms with E-state index in [1.165, 1.54) is 17.0 Å². The molecule has 0 spiro atoms. The second kappa shape index (κ2) is 5.49. The molecule has 0 aliphatic carbocycles. The molecule has 0 atom stereocenters. The Morgan fingerprint density at radius 3 is 2.55 bits per heavy atom. The zero-order chi connectivity index (χ0) is 14.8. The van der Waals surface area contributed by atoms with Crippen LogP contribution in [0, 0.1) is 6.92 Å². The molecule has 0 saturated carbocycles. The fourth-order valence-corrected chi connectivity index (χ4v) is 1.69. The Morgan fingerprint density at radius 2 is 1.95 bits per heavy atom. The van der Waals surface area contributed by atoms with Crippen LogP contribution in [0.4, 0.5) is 0 Å². The quantitative estimate of drug-likeness (QED) is 0.492. The van der Waals surface area contributed by atoms with Gasteiger partial charge in [0.1, 0.15) is 11.9 Å². The van der Waals surface area contributed by atoms with Crippen LogP contribution < -0.4 is 5.32 Å². The minimum absolute atomic E-state index is 0.211. The molecule has 2 aromatic rings. The maximum Gasteiger partial charge on any atom is 0.255 e. The molecule has 0 aromatic carbocycles. The van der Waals surface area contributed by atoms with Gasteiger partial charge in [0.25, 0.3) is 11.7 Å². The zero-order valence-electron chi connectivity index (χ0n) is 10.8. The summed E-state index contributed by atoms with van der Waals surface area (Å²) in [5.74, 6) is -0.221. The number of rotatable bonds is 5. The summed E-state index contributed by atoms with van der Waals surface area (Å²) >= 11 is 0. The first-order valence-electron chi connectivity index (χ1n) is 5.87. The summed E-state index contributed by atoms with van der Waals surface area (Å²) in [6.07, 6.45) is 2.64. The number of carbonyl (C=O) groups excluding carboxylic acids is 1. The van der Waals surface area contributed by atoms with E-state index in [-0.39, 0.29) is 5.56 Å². The molecule has 1 amide bonds. The average molecular weight is 281 g/mol. The summed E-state index contributed by atoms with van der Waals surface area (Å²) in [6, 6.07) is 0. The highest BCUT2D eigenvalue weighted by Crippen LogP contribution is 2.10. The first-order valence-corrected chi connectivity index (χ1v) is 5.87. The topological polar surface area (TPSA) is 133 Å². The van der Waals surface area contributed by atoms with Crippen molar-refractivity contribution in [2.24, 2.45) is 0 Å². The summed E-state index contributed by atoms with van der Waals surface area (Å²) in [5, 5.41) is 33.9. The molecule has 0 radical (unpaired) electrons. The van der Waals surface area contributed by atoms with Gasteiger partial charge in [-0.3, -0.25) is 4.79 Å². The zero-order valence-corrected chi connectivity index (χ0v) is 10.8. The van der Waals surface area contributed by atoms with Gasteiger partial charge in [0, 0.05) is 6.20 Å². The molecule has 0 aliphatic rings. The van der Waals surface area contributed by atoms with E-state index >= 15 is 0 Å². The SMILES string of the molecule is Cc1c(C(=O)NC(CO)(CO)CO)cnc2ncnn12. The van der Waals surface area contributed by atoms with Crippen molar-refractivity contribution in [1.82, 2.24) is 24.9 Å². The van der Waals surface area contributed by atoms with Gasteiger partial charge in [-0.15, -0.1) is 0 Å². The molecule has 108 valence electrons. The van der Waals surface area contributed by atoms with Gasteiger partial charge >= 0.3 is 0 Å². The number of nitrogens with one attached hydrogen (secondary N) is 1. The lowest BCUT2D eigenvalue weighted by atomic mass is 10.0. The lowest BCUT2D eigenvalue weighted by Crippen LogP contribution is -2.57. The third-order valence-corrected chi connectivity index (χ3v) is 3.08. The first-order chi connectivity index (χ1) is 9.56. The minimum atomic E-state index is -1.49. The molecular weight excluding hydrogens is 266 g/mol. The Kier molecular flexibility index (Phi) is 3.93. The van der Waals surface area contributed by atoms with Crippen molar-refractivity contribution in [1.29, 1.82) is 0 Å². The predicted octanol–water partition coefficient (Wildman–Crippen LogP) is -2.12. The molecule has 0 unspecified atom stereocenters. The Labute approximate surface area is 113 Å². The molecular formula is C11H15N5O4. The van der Waals surface area contributed by atoms with E-state index in [1.54, 1.807) is 6.92 Å². The molecule has 20 heavy (non-hydrogen) atoms. The summed E-state index contributed by atoms with van der Waals surface area (Å²) in [4.78, 5) is 20.0. The number of aryl methyl sites for hydroxylation is 1. The maximum atomic E-state index is 12.2. The van der Waals surface area contributed by atoms with Crippen molar-refractivity contribution in [2.75, 3.05) is 19.8 Å². The number of fused-ring (bicyclic) bond motifs is 1. The molecule has 0 bridgehead atoms. The van der Waals surface area contributed by atoms with Gasteiger partial charge in [0.05, 0.1) is 31.1 Å². The molecule has 9 nitrogen and oxygen atoms in total. The van der Waals surface area contributed by atoms with Crippen LogP contribution in [0.15, 0.2) is 12.5 Å². The lowest BCUT2D eigenvalue weighted by molar-refractivity contribution is 0.0374. The minimum Gasteiger partial charge on any atom is -0.394 e. The fraction of sp³-hybridized carbons (Fsp3) is 0.455. The van der Waals surface area contributed by atoms with Gasteiger partial charge in [-0.05, 0) is 6.92 Å². The highest BCUT2D eigenvalue weighted by atomic mass is 16.3. The second-order valence-electron chi connectivity index (χ2n) is 4.44. The second-order valence-corrected chi connectivity index (χ2v) is 4.44. The summed E-state index contributed by atoms with van der Waals surface area (Å²) < 4.78 is 1.40. The van der Waals surface area contributed by atoms with E-state index in [0.717, 1.165) is 0 Å².